The molecule has 0 unspecified atom stereocenters. The van der Waals surface area contributed by atoms with Crippen molar-refractivity contribution in [3.05, 3.63) is 54.1 Å². The molecule has 1 heterocycles. The SMILES string of the molecule is CCC[C@@H](C)NC(=O)[C@H]1CN(S(=O)(=O)c2ccccc2)c2cc(C(C)(C)C)ccc2O1. The van der Waals surface area contributed by atoms with Gasteiger partial charge in [-0.3, -0.25) is 9.10 Å². The smallest absolute Gasteiger partial charge is 0.264 e. The molecular weight excluding hydrogens is 412 g/mol. The van der Waals surface area contributed by atoms with Gasteiger partial charge in [0, 0.05) is 6.04 Å². The molecule has 0 saturated heterocycles. The van der Waals surface area contributed by atoms with Crippen molar-refractivity contribution in [3.63, 3.8) is 0 Å². The molecule has 0 spiro atoms. The van der Waals surface area contributed by atoms with E-state index < -0.39 is 16.1 Å². The fraction of sp³-hybridized carbons (Fsp3) is 0.458. The van der Waals surface area contributed by atoms with E-state index in [4.69, 9.17) is 4.74 Å². The van der Waals surface area contributed by atoms with E-state index in [9.17, 15) is 13.2 Å². The first-order chi connectivity index (χ1) is 14.5. The molecule has 0 radical (unpaired) electrons. The predicted octanol–water partition coefficient (Wildman–Crippen LogP) is 4.25. The molecule has 0 saturated carbocycles. The van der Waals surface area contributed by atoms with Gasteiger partial charge in [0.05, 0.1) is 17.1 Å². The second kappa shape index (κ2) is 8.91. The summed E-state index contributed by atoms with van der Waals surface area (Å²) in [5.41, 5.74) is 1.28. The number of benzene rings is 2. The van der Waals surface area contributed by atoms with Gasteiger partial charge >= 0.3 is 0 Å². The quantitative estimate of drug-likeness (QED) is 0.723. The van der Waals surface area contributed by atoms with Crippen molar-refractivity contribution < 1.29 is 17.9 Å². The van der Waals surface area contributed by atoms with E-state index in [1.807, 2.05) is 19.1 Å². The molecule has 3 rings (SSSR count). The Morgan fingerprint density at radius 3 is 2.48 bits per heavy atom. The van der Waals surface area contributed by atoms with Crippen LogP contribution in [0.5, 0.6) is 5.75 Å². The lowest BCUT2D eigenvalue weighted by molar-refractivity contribution is -0.128. The van der Waals surface area contributed by atoms with Gasteiger partial charge in [-0.2, -0.15) is 0 Å². The Balaban J connectivity index is 2.04. The molecule has 2 atom stereocenters. The van der Waals surface area contributed by atoms with Crippen LogP contribution in [0.15, 0.2) is 53.4 Å². The molecular formula is C24H32N2O4S. The third kappa shape index (κ3) is 5.03. The molecule has 1 amide bonds. The number of hydrogen-bond donors (Lipinski definition) is 1. The lowest BCUT2D eigenvalue weighted by Gasteiger charge is -2.36. The fourth-order valence-corrected chi connectivity index (χ4v) is 5.13. The van der Waals surface area contributed by atoms with Gasteiger partial charge in [0.15, 0.2) is 6.10 Å². The van der Waals surface area contributed by atoms with Crippen molar-refractivity contribution in [2.45, 2.75) is 69.9 Å². The Kier molecular flexibility index (Phi) is 6.65. The number of ether oxygens (including phenoxy) is 1. The average molecular weight is 445 g/mol. The Morgan fingerprint density at radius 1 is 1.19 bits per heavy atom. The van der Waals surface area contributed by atoms with Crippen LogP contribution in [0.4, 0.5) is 5.69 Å². The van der Waals surface area contributed by atoms with E-state index in [1.165, 1.54) is 4.31 Å². The summed E-state index contributed by atoms with van der Waals surface area (Å²) in [7, 11) is -3.87. The summed E-state index contributed by atoms with van der Waals surface area (Å²) in [6.07, 6.45) is 0.862. The van der Waals surface area contributed by atoms with E-state index in [1.54, 1.807) is 36.4 Å². The maximum atomic E-state index is 13.5. The number of amides is 1. The van der Waals surface area contributed by atoms with E-state index in [2.05, 4.69) is 33.0 Å². The second-order valence-corrected chi connectivity index (χ2v) is 10.9. The summed E-state index contributed by atoms with van der Waals surface area (Å²) in [4.78, 5) is 13.1. The number of hydrogen-bond acceptors (Lipinski definition) is 4. The average Bonchev–Trinajstić information content (AvgIpc) is 2.72. The summed E-state index contributed by atoms with van der Waals surface area (Å²) in [5, 5.41) is 2.94. The zero-order valence-corrected chi connectivity index (χ0v) is 19.7. The van der Waals surface area contributed by atoms with Crippen molar-refractivity contribution in [2.75, 3.05) is 10.8 Å². The Labute approximate surface area is 185 Å². The van der Waals surface area contributed by atoms with Gasteiger partial charge < -0.3 is 10.1 Å². The number of sulfonamides is 1. The lowest BCUT2D eigenvalue weighted by atomic mass is 9.86. The lowest BCUT2D eigenvalue weighted by Crippen LogP contribution is -2.52. The number of nitrogens with zero attached hydrogens (tertiary/aromatic N) is 1. The number of fused-ring (bicyclic) bond motifs is 1. The van der Waals surface area contributed by atoms with Gasteiger partial charge in [-0.1, -0.05) is 58.4 Å². The molecule has 0 fully saturated rings. The van der Waals surface area contributed by atoms with Gasteiger partial charge in [-0.25, -0.2) is 8.42 Å². The fourth-order valence-electron chi connectivity index (χ4n) is 3.64. The summed E-state index contributed by atoms with van der Waals surface area (Å²) in [5.74, 6) is 0.0850. The maximum absolute atomic E-state index is 13.5. The third-order valence-electron chi connectivity index (χ3n) is 5.43. The first kappa shape index (κ1) is 23.1. The van der Waals surface area contributed by atoms with Gasteiger partial charge in [-0.05, 0) is 48.6 Å². The Hall–Kier alpha value is -2.54. The number of rotatable bonds is 6. The van der Waals surface area contributed by atoms with Crippen LogP contribution in [0, 0.1) is 0 Å². The number of carbonyl (C=O) groups is 1. The zero-order valence-electron chi connectivity index (χ0n) is 18.9. The second-order valence-electron chi connectivity index (χ2n) is 9.09. The largest absolute Gasteiger partial charge is 0.476 e. The van der Waals surface area contributed by atoms with E-state index >= 15 is 0 Å². The minimum atomic E-state index is -3.87. The predicted molar refractivity (Wildman–Crippen MR) is 123 cm³/mol. The Morgan fingerprint density at radius 2 is 1.87 bits per heavy atom. The molecule has 1 aliphatic rings. The van der Waals surface area contributed by atoms with Crippen molar-refractivity contribution in [2.24, 2.45) is 0 Å². The monoisotopic (exact) mass is 444 g/mol. The standard InChI is InChI=1S/C24H32N2O4S/c1-6-10-17(2)25-23(27)22-16-26(31(28,29)19-11-8-7-9-12-19)20-15-18(24(3,4)5)13-14-21(20)30-22/h7-9,11-15,17,22H,6,10,16H2,1-5H3,(H,25,27)/t17-,22-/m1/s1. The molecule has 2 aromatic rings. The van der Waals surface area contributed by atoms with E-state index in [0.29, 0.717) is 11.4 Å². The van der Waals surface area contributed by atoms with Crippen LogP contribution in [0.2, 0.25) is 0 Å². The van der Waals surface area contributed by atoms with Crippen LogP contribution in [0.1, 0.15) is 53.0 Å². The molecule has 6 nitrogen and oxygen atoms in total. The molecule has 7 heteroatoms. The topological polar surface area (TPSA) is 75.7 Å². The van der Waals surface area contributed by atoms with Crippen LogP contribution >= 0.6 is 0 Å². The molecule has 1 aliphatic heterocycles. The highest BCUT2D eigenvalue weighted by atomic mass is 32.2. The number of nitrogens with one attached hydrogen (secondary N) is 1. The first-order valence-electron chi connectivity index (χ1n) is 10.7. The number of anilines is 1. The third-order valence-corrected chi connectivity index (χ3v) is 7.22. The normalized spacial score (nSPS) is 17.5. The van der Waals surface area contributed by atoms with E-state index in [0.717, 1.165) is 18.4 Å². The highest BCUT2D eigenvalue weighted by Gasteiger charge is 2.38. The molecule has 0 aliphatic carbocycles. The molecule has 31 heavy (non-hydrogen) atoms. The minimum Gasteiger partial charge on any atom is -0.476 e. The Bertz CT molecular complexity index is 1030. The summed E-state index contributed by atoms with van der Waals surface area (Å²) in [6, 6.07) is 13.8. The molecule has 0 bridgehead atoms. The molecule has 168 valence electrons. The van der Waals surface area contributed by atoms with E-state index in [-0.39, 0.29) is 28.8 Å². The van der Waals surface area contributed by atoms with Crippen LogP contribution in [0.3, 0.4) is 0 Å². The highest BCUT2D eigenvalue weighted by Crippen LogP contribution is 2.40. The summed E-state index contributed by atoms with van der Waals surface area (Å²) < 4.78 is 34.4. The maximum Gasteiger partial charge on any atom is 0.264 e. The molecule has 2 aromatic carbocycles. The van der Waals surface area contributed by atoms with Gasteiger partial charge in [0.25, 0.3) is 15.9 Å². The van der Waals surface area contributed by atoms with Crippen molar-refractivity contribution in [1.82, 2.24) is 5.32 Å². The van der Waals surface area contributed by atoms with Crippen molar-refractivity contribution in [1.29, 1.82) is 0 Å². The number of carbonyl (C=O) groups excluding carboxylic acids is 1. The molecule has 1 N–H and O–H groups in total. The van der Waals surface area contributed by atoms with Crippen LogP contribution in [-0.4, -0.2) is 33.0 Å². The van der Waals surface area contributed by atoms with Crippen molar-refractivity contribution >= 4 is 21.6 Å². The van der Waals surface area contributed by atoms with Crippen molar-refractivity contribution in [3.8, 4) is 5.75 Å². The summed E-state index contributed by atoms with van der Waals surface area (Å²) >= 11 is 0. The van der Waals surface area contributed by atoms with Crippen LogP contribution in [-0.2, 0) is 20.2 Å². The van der Waals surface area contributed by atoms with Crippen LogP contribution < -0.4 is 14.4 Å². The highest BCUT2D eigenvalue weighted by molar-refractivity contribution is 7.92. The molecule has 0 aromatic heterocycles. The van der Waals surface area contributed by atoms with Gasteiger partial charge in [0.1, 0.15) is 5.75 Å². The van der Waals surface area contributed by atoms with Crippen LogP contribution in [0.25, 0.3) is 0 Å². The van der Waals surface area contributed by atoms with Gasteiger partial charge in [-0.15, -0.1) is 0 Å². The van der Waals surface area contributed by atoms with Gasteiger partial charge in [0.2, 0.25) is 0 Å². The zero-order chi connectivity index (χ0) is 22.8. The first-order valence-corrected chi connectivity index (χ1v) is 12.2. The minimum absolute atomic E-state index is 0.00931. The summed E-state index contributed by atoms with van der Waals surface area (Å²) in [6.45, 7) is 10.1.